The van der Waals surface area contributed by atoms with Crippen LogP contribution in [-0.4, -0.2) is 24.8 Å². The van der Waals surface area contributed by atoms with Crippen molar-refractivity contribution in [1.29, 1.82) is 0 Å². The SMILES string of the molecule is CC(OC(=O)c1ccccc1OCc1ccc(F)cc1)C(=O)Nc1ccc2c(c1)OCO2. The molecule has 0 fully saturated rings. The molecule has 0 spiro atoms. The van der Waals surface area contributed by atoms with Gasteiger partial charge in [-0.3, -0.25) is 4.79 Å². The largest absolute Gasteiger partial charge is 0.488 e. The van der Waals surface area contributed by atoms with Gasteiger partial charge in [-0.05, 0) is 48.9 Å². The number of hydrogen-bond acceptors (Lipinski definition) is 6. The van der Waals surface area contributed by atoms with Gasteiger partial charge in [0, 0.05) is 11.8 Å². The number of amides is 1. The highest BCUT2D eigenvalue weighted by Crippen LogP contribution is 2.34. The van der Waals surface area contributed by atoms with E-state index in [-0.39, 0.29) is 24.8 Å². The number of nitrogens with one attached hydrogen (secondary N) is 1. The molecule has 1 aliphatic rings. The molecule has 8 heteroatoms. The Bertz CT molecular complexity index is 1130. The van der Waals surface area contributed by atoms with Gasteiger partial charge in [0.25, 0.3) is 5.91 Å². The Labute approximate surface area is 183 Å². The van der Waals surface area contributed by atoms with Gasteiger partial charge < -0.3 is 24.3 Å². The van der Waals surface area contributed by atoms with Gasteiger partial charge in [0.1, 0.15) is 23.7 Å². The smallest absolute Gasteiger partial charge is 0.342 e. The summed E-state index contributed by atoms with van der Waals surface area (Å²) < 4.78 is 34.6. The summed E-state index contributed by atoms with van der Waals surface area (Å²) in [5, 5.41) is 2.68. The average Bonchev–Trinajstić information content (AvgIpc) is 3.26. The minimum absolute atomic E-state index is 0.128. The third kappa shape index (κ3) is 4.97. The van der Waals surface area contributed by atoms with Crippen LogP contribution >= 0.6 is 0 Å². The summed E-state index contributed by atoms with van der Waals surface area (Å²) in [6.07, 6.45) is -1.06. The number of halogens is 1. The molecule has 1 N–H and O–H groups in total. The number of fused-ring (bicyclic) bond motifs is 1. The van der Waals surface area contributed by atoms with Crippen LogP contribution in [0.15, 0.2) is 66.7 Å². The molecular formula is C24H20FNO6. The molecule has 32 heavy (non-hydrogen) atoms. The van der Waals surface area contributed by atoms with Gasteiger partial charge in [0.15, 0.2) is 17.6 Å². The van der Waals surface area contributed by atoms with Crippen LogP contribution in [0.3, 0.4) is 0 Å². The maximum absolute atomic E-state index is 13.1. The molecule has 1 heterocycles. The second kappa shape index (κ2) is 9.38. The fraction of sp³-hybridized carbons (Fsp3) is 0.167. The number of benzene rings is 3. The summed E-state index contributed by atoms with van der Waals surface area (Å²) in [7, 11) is 0. The molecule has 1 amide bonds. The number of anilines is 1. The Kier molecular flexibility index (Phi) is 6.21. The summed E-state index contributed by atoms with van der Waals surface area (Å²) in [6, 6.07) is 17.4. The van der Waals surface area contributed by atoms with Crippen molar-refractivity contribution in [3.8, 4) is 17.2 Å². The molecule has 3 aromatic carbocycles. The number of esters is 1. The van der Waals surface area contributed by atoms with E-state index in [0.717, 1.165) is 5.56 Å². The third-order valence-electron chi connectivity index (χ3n) is 4.71. The molecule has 1 aliphatic heterocycles. The number of carbonyl (C=O) groups excluding carboxylic acids is 2. The minimum atomic E-state index is -1.06. The van der Waals surface area contributed by atoms with Gasteiger partial charge in [-0.1, -0.05) is 24.3 Å². The zero-order valence-electron chi connectivity index (χ0n) is 17.2. The molecule has 3 aromatic rings. The molecule has 0 saturated carbocycles. The van der Waals surface area contributed by atoms with Crippen LogP contribution in [0.4, 0.5) is 10.1 Å². The first-order valence-electron chi connectivity index (χ1n) is 9.87. The van der Waals surface area contributed by atoms with Gasteiger partial charge >= 0.3 is 5.97 Å². The van der Waals surface area contributed by atoms with E-state index in [9.17, 15) is 14.0 Å². The fourth-order valence-electron chi connectivity index (χ4n) is 3.00. The molecule has 0 aliphatic carbocycles. The first-order valence-corrected chi connectivity index (χ1v) is 9.87. The van der Waals surface area contributed by atoms with Crippen LogP contribution in [0.2, 0.25) is 0 Å². The van der Waals surface area contributed by atoms with Gasteiger partial charge in [0.05, 0.1) is 0 Å². The van der Waals surface area contributed by atoms with Gasteiger partial charge in [0.2, 0.25) is 6.79 Å². The van der Waals surface area contributed by atoms with Crippen LogP contribution < -0.4 is 19.5 Å². The highest BCUT2D eigenvalue weighted by Gasteiger charge is 2.22. The first-order chi connectivity index (χ1) is 15.5. The van der Waals surface area contributed by atoms with Crippen molar-refractivity contribution in [1.82, 2.24) is 0 Å². The van der Waals surface area contributed by atoms with Crippen molar-refractivity contribution in [3.05, 3.63) is 83.7 Å². The van der Waals surface area contributed by atoms with Crippen molar-refractivity contribution in [2.45, 2.75) is 19.6 Å². The fourth-order valence-corrected chi connectivity index (χ4v) is 3.00. The predicted molar refractivity (Wildman–Crippen MR) is 113 cm³/mol. The number of carbonyl (C=O) groups is 2. The van der Waals surface area contributed by atoms with Crippen LogP contribution in [0, 0.1) is 5.82 Å². The van der Waals surface area contributed by atoms with E-state index in [1.54, 1.807) is 54.6 Å². The molecule has 0 radical (unpaired) electrons. The summed E-state index contributed by atoms with van der Waals surface area (Å²) in [5.41, 5.74) is 1.41. The molecule has 7 nitrogen and oxygen atoms in total. The molecule has 0 bridgehead atoms. The van der Waals surface area contributed by atoms with Crippen LogP contribution in [0.1, 0.15) is 22.8 Å². The third-order valence-corrected chi connectivity index (χ3v) is 4.71. The monoisotopic (exact) mass is 437 g/mol. The number of hydrogen-bond donors (Lipinski definition) is 1. The molecule has 164 valence electrons. The first kappa shape index (κ1) is 21.2. The lowest BCUT2D eigenvalue weighted by molar-refractivity contribution is -0.123. The maximum atomic E-state index is 13.1. The van der Waals surface area contributed by atoms with E-state index in [2.05, 4.69) is 5.32 Å². The van der Waals surface area contributed by atoms with Crippen molar-refractivity contribution in [2.24, 2.45) is 0 Å². The van der Waals surface area contributed by atoms with Gasteiger partial charge in [-0.2, -0.15) is 0 Å². The highest BCUT2D eigenvalue weighted by atomic mass is 19.1. The molecule has 1 unspecified atom stereocenters. The maximum Gasteiger partial charge on any atom is 0.342 e. The summed E-state index contributed by atoms with van der Waals surface area (Å²) in [5.74, 6) is -0.120. The Balaban J connectivity index is 1.37. The Morgan fingerprint density at radius 3 is 2.59 bits per heavy atom. The summed E-state index contributed by atoms with van der Waals surface area (Å²) in [4.78, 5) is 25.2. The molecule has 4 rings (SSSR count). The summed E-state index contributed by atoms with van der Waals surface area (Å²) in [6.45, 7) is 1.75. The molecule has 0 saturated heterocycles. The zero-order valence-corrected chi connectivity index (χ0v) is 17.2. The standard InChI is InChI=1S/C24H20FNO6/c1-15(23(27)26-18-10-11-21-22(12-18)31-14-30-21)32-24(28)19-4-2-3-5-20(19)29-13-16-6-8-17(25)9-7-16/h2-12,15H,13-14H2,1H3,(H,26,27). The minimum Gasteiger partial charge on any atom is -0.488 e. The zero-order chi connectivity index (χ0) is 22.5. The van der Waals surface area contributed by atoms with E-state index in [1.807, 2.05) is 0 Å². The Hall–Kier alpha value is -4.07. The van der Waals surface area contributed by atoms with Crippen molar-refractivity contribution in [3.63, 3.8) is 0 Å². The quantitative estimate of drug-likeness (QED) is 0.555. The van der Waals surface area contributed by atoms with Gasteiger partial charge in [-0.15, -0.1) is 0 Å². The van der Waals surface area contributed by atoms with E-state index in [1.165, 1.54) is 19.1 Å². The Morgan fingerprint density at radius 1 is 1.03 bits per heavy atom. The van der Waals surface area contributed by atoms with Crippen LogP contribution in [0.25, 0.3) is 0 Å². The van der Waals surface area contributed by atoms with Gasteiger partial charge in [-0.25, -0.2) is 9.18 Å². The lowest BCUT2D eigenvalue weighted by atomic mass is 10.2. The molecule has 0 aromatic heterocycles. The van der Waals surface area contributed by atoms with Crippen molar-refractivity contribution in [2.75, 3.05) is 12.1 Å². The Morgan fingerprint density at radius 2 is 1.78 bits per heavy atom. The molecular weight excluding hydrogens is 417 g/mol. The predicted octanol–water partition coefficient (Wildman–Crippen LogP) is 4.32. The lowest BCUT2D eigenvalue weighted by Gasteiger charge is -2.15. The van der Waals surface area contributed by atoms with Crippen molar-refractivity contribution < 1.29 is 32.9 Å². The highest BCUT2D eigenvalue weighted by molar-refractivity contribution is 5.98. The van der Waals surface area contributed by atoms with E-state index >= 15 is 0 Å². The number of ether oxygens (including phenoxy) is 4. The normalized spacial score (nSPS) is 12.7. The second-order valence-electron chi connectivity index (χ2n) is 7.02. The topological polar surface area (TPSA) is 83.1 Å². The van der Waals surface area contributed by atoms with E-state index < -0.39 is 18.0 Å². The van der Waals surface area contributed by atoms with Crippen LogP contribution in [0.5, 0.6) is 17.2 Å². The van der Waals surface area contributed by atoms with E-state index in [0.29, 0.717) is 22.9 Å². The van der Waals surface area contributed by atoms with Crippen molar-refractivity contribution >= 4 is 17.6 Å². The lowest BCUT2D eigenvalue weighted by Crippen LogP contribution is -2.30. The van der Waals surface area contributed by atoms with E-state index in [4.69, 9.17) is 18.9 Å². The molecule has 1 atom stereocenters. The average molecular weight is 437 g/mol. The summed E-state index contributed by atoms with van der Waals surface area (Å²) >= 11 is 0. The van der Waals surface area contributed by atoms with Crippen LogP contribution in [-0.2, 0) is 16.1 Å². The second-order valence-corrected chi connectivity index (χ2v) is 7.02. The number of para-hydroxylation sites is 1. The number of rotatable bonds is 7.